The summed E-state index contributed by atoms with van der Waals surface area (Å²) in [6, 6.07) is 12.1. The molecule has 0 amide bonds. The third kappa shape index (κ3) is 3.25. The van der Waals surface area contributed by atoms with Gasteiger partial charge in [-0.15, -0.1) is 0 Å². The van der Waals surface area contributed by atoms with Gasteiger partial charge in [0.1, 0.15) is 24.0 Å². The number of nitrogens with zero attached hydrogens (tertiary/aromatic N) is 2. The van der Waals surface area contributed by atoms with Crippen molar-refractivity contribution in [1.82, 2.24) is 9.88 Å². The fourth-order valence-electron chi connectivity index (χ4n) is 3.88. The number of carbonyl (C=O) groups is 1. The van der Waals surface area contributed by atoms with Crippen LogP contribution in [0.3, 0.4) is 0 Å². The Kier molecular flexibility index (Phi) is 4.56. The molecular formula is C24H19FN2O3. The van der Waals surface area contributed by atoms with Gasteiger partial charge in [-0.2, -0.15) is 0 Å². The lowest BCUT2D eigenvalue weighted by molar-refractivity contribution is 0.0876. The number of ketones is 1. The van der Waals surface area contributed by atoms with Gasteiger partial charge in [0.2, 0.25) is 5.78 Å². The molecule has 5 rings (SSSR count). The molecule has 0 N–H and O–H groups in total. The van der Waals surface area contributed by atoms with E-state index in [9.17, 15) is 9.18 Å². The summed E-state index contributed by atoms with van der Waals surface area (Å²) in [5.41, 5.74) is 3.62. The number of Topliss-reactive ketones (excluding diaryl/α,β-unsaturated/α-hetero) is 1. The van der Waals surface area contributed by atoms with Crippen LogP contribution in [0.25, 0.3) is 6.08 Å². The second kappa shape index (κ2) is 7.39. The first-order valence-electron chi connectivity index (χ1n) is 9.69. The molecule has 3 aromatic rings. The van der Waals surface area contributed by atoms with Crippen molar-refractivity contribution in [3.05, 3.63) is 94.3 Å². The summed E-state index contributed by atoms with van der Waals surface area (Å²) in [6.45, 7) is 3.67. The molecule has 0 unspecified atom stereocenters. The molecule has 5 nitrogen and oxygen atoms in total. The smallest absolute Gasteiger partial charge is 0.231 e. The molecule has 6 heteroatoms. The van der Waals surface area contributed by atoms with Crippen LogP contribution in [-0.2, 0) is 13.1 Å². The second-order valence-electron chi connectivity index (χ2n) is 7.45. The highest BCUT2D eigenvalue weighted by atomic mass is 19.1. The maximum Gasteiger partial charge on any atom is 0.231 e. The van der Waals surface area contributed by atoms with Gasteiger partial charge in [-0.05, 0) is 36.8 Å². The van der Waals surface area contributed by atoms with Crippen LogP contribution in [0.5, 0.6) is 11.5 Å². The van der Waals surface area contributed by atoms with E-state index in [1.807, 2.05) is 31.3 Å². The lowest BCUT2D eigenvalue weighted by Gasteiger charge is -2.30. The highest BCUT2D eigenvalue weighted by molar-refractivity contribution is 6.15. The van der Waals surface area contributed by atoms with E-state index in [0.29, 0.717) is 36.7 Å². The largest absolute Gasteiger partial charge is 0.477 e. The van der Waals surface area contributed by atoms with Gasteiger partial charge in [0.15, 0.2) is 5.76 Å². The number of pyridine rings is 1. The number of halogens is 1. The van der Waals surface area contributed by atoms with Crippen LogP contribution in [0.1, 0.15) is 32.6 Å². The van der Waals surface area contributed by atoms with E-state index < -0.39 is 5.82 Å². The highest BCUT2D eigenvalue weighted by Gasteiger charge is 2.33. The molecule has 150 valence electrons. The maximum absolute atomic E-state index is 14.0. The molecular weight excluding hydrogens is 383 g/mol. The van der Waals surface area contributed by atoms with Gasteiger partial charge in [-0.25, -0.2) is 4.39 Å². The number of carbonyl (C=O) groups excluding carboxylic acids is 1. The topological polar surface area (TPSA) is 51.7 Å². The van der Waals surface area contributed by atoms with Crippen LogP contribution in [-0.4, -0.2) is 22.4 Å². The van der Waals surface area contributed by atoms with Crippen LogP contribution in [0.2, 0.25) is 0 Å². The first-order chi connectivity index (χ1) is 14.6. The molecule has 1 aromatic heterocycles. The molecule has 0 saturated carbocycles. The fourth-order valence-corrected chi connectivity index (χ4v) is 3.88. The summed E-state index contributed by atoms with van der Waals surface area (Å²) < 4.78 is 25.9. The number of rotatable bonds is 3. The number of ether oxygens (including phenoxy) is 2. The van der Waals surface area contributed by atoms with E-state index in [2.05, 4.69) is 9.88 Å². The zero-order chi connectivity index (χ0) is 20.7. The van der Waals surface area contributed by atoms with Gasteiger partial charge in [-0.3, -0.25) is 14.7 Å². The Morgan fingerprint density at radius 3 is 2.87 bits per heavy atom. The molecule has 2 aliphatic heterocycles. The molecule has 0 aliphatic carbocycles. The zero-order valence-electron chi connectivity index (χ0n) is 16.4. The number of benzene rings is 2. The Bertz CT molecular complexity index is 1170. The SMILES string of the molecule is Cc1c2c(cc3c1OC(=Cc1ccccc1F)C3=O)CN(Cc1cccnc1)CO2. The number of hydrogen-bond acceptors (Lipinski definition) is 5. The lowest BCUT2D eigenvalue weighted by atomic mass is 10.00. The predicted molar refractivity (Wildman–Crippen MR) is 109 cm³/mol. The molecule has 0 radical (unpaired) electrons. The van der Waals surface area contributed by atoms with Gasteiger partial charge in [0, 0.05) is 42.2 Å². The summed E-state index contributed by atoms with van der Waals surface area (Å²) in [5, 5.41) is 0. The van der Waals surface area contributed by atoms with Crippen molar-refractivity contribution in [3.8, 4) is 11.5 Å². The Morgan fingerprint density at radius 2 is 2.07 bits per heavy atom. The fraction of sp³-hybridized carbons (Fsp3) is 0.167. The van der Waals surface area contributed by atoms with E-state index >= 15 is 0 Å². The Morgan fingerprint density at radius 1 is 1.20 bits per heavy atom. The number of allylic oxidation sites excluding steroid dienone is 1. The van der Waals surface area contributed by atoms with E-state index in [1.54, 1.807) is 24.4 Å². The normalized spacial score (nSPS) is 16.7. The average molecular weight is 402 g/mol. The quantitative estimate of drug-likeness (QED) is 0.604. The summed E-state index contributed by atoms with van der Waals surface area (Å²) in [5.74, 6) is 0.706. The van der Waals surface area contributed by atoms with E-state index in [0.717, 1.165) is 22.4 Å². The molecule has 0 bridgehead atoms. The van der Waals surface area contributed by atoms with E-state index in [-0.39, 0.29) is 11.5 Å². The monoisotopic (exact) mass is 402 g/mol. The average Bonchev–Trinajstić information content (AvgIpc) is 3.06. The summed E-state index contributed by atoms with van der Waals surface area (Å²) in [6.07, 6.45) is 5.03. The van der Waals surface area contributed by atoms with Gasteiger partial charge in [-0.1, -0.05) is 24.3 Å². The van der Waals surface area contributed by atoms with Gasteiger partial charge < -0.3 is 9.47 Å². The zero-order valence-corrected chi connectivity index (χ0v) is 16.4. The second-order valence-corrected chi connectivity index (χ2v) is 7.45. The lowest BCUT2D eigenvalue weighted by Crippen LogP contribution is -2.32. The van der Waals surface area contributed by atoms with E-state index in [4.69, 9.17) is 9.47 Å². The Hall–Kier alpha value is -3.51. The molecule has 2 aliphatic rings. The molecule has 0 spiro atoms. The van der Waals surface area contributed by atoms with Crippen LogP contribution < -0.4 is 9.47 Å². The number of aromatic nitrogens is 1. The van der Waals surface area contributed by atoms with Crippen LogP contribution in [0.15, 0.2) is 60.6 Å². The van der Waals surface area contributed by atoms with Gasteiger partial charge in [0.25, 0.3) is 0 Å². The molecule has 0 fully saturated rings. The molecule has 30 heavy (non-hydrogen) atoms. The first-order valence-corrected chi connectivity index (χ1v) is 9.69. The minimum atomic E-state index is -0.400. The van der Waals surface area contributed by atoms with Crippen molar-refractivity contribution >= 4 is 11.9 Å². The minimum absolute atomic E-state index is 0.118. The molecule has 0 atom stereocenters. The summed E-state index contributed by atoms with van der Waals surface area (Å²) >= 11 is 0. The predicted octanol–water partition coefficient (Wildman–Crippen LogP) is 4.50. The highest BCUT2D eigenvalue weighted by Crippen LogP contribution is 2.43. The van der Waals surface area contributed by atoms with Crippen molar-refractivity contribution in [2.24, 2.45) is 0 Å². The van der Waals surface area contributed by atoms with Crippen LogP contribution >= 0.6 is 0 Å². The standard InChI is InChI=1S/C24H19FN2O3/c1-15-23-18(13-27(14-29-23)12-16-5-4-8-26-11-16)9-19-22(28)21(30-24(15)19)10-17-6-2-3-7-20(17)25/h2-11H,12-14H2,1H3. The van der Waals surface area contributed by atoms with Crippen molar-refractivity contribution in [1.29, 1.82) is 0 Å². The maximum atomic E-state index is 14.0. The molecule has 2 aromatic carbocycles. The van der Waals surface area contributed by atoms with Crippen molar-refractivity contribution in [2.45, 2.75) is 20.0 Å². The van der Waals surface area contributed by atoms with Gasteiger partial charge >= 0.3 is 0 Å². The third-order valence-corrected chi connectivity index (χ3v) is 5.32. The number of fused-ring (bicyclic) bond motifs is 2. The minimum Gasteiger partial charge on any atom is -0.477 e. The van der Waals surface area contributed by atoms with Crippen molar-refractivity contribution in [2.75, 3.05) is 6.73 Å². The first kappa shape index (κ1) is 18.5. The summed E-state index contributed by atoms with van der Waals surface area (Å²) in [7, 11) is 0. The molecule has 0 saturated heterocycles. The van der Waals surface area contributed by atoms with Crippen LogP contribution in [0, 0.1) is 12.7 Å². The van der Waals surface area contributed by atoms with Gasteiger partial charge in [0.05, 0.1) is 5.56 Å². The van der Waals surface area contributed by atoms with Crippen molar-refractivity contribution < 1.29 is 18.7 Å². The third-order valence-electron chi connectivity index (χ3n) is 5.32. The van der Waals surface area contributed by atoms with Crippen molar-refractivity contribution in [3.63, 3.8) is 0 Å². The Balaban J connectivity index is 1.44. The Labute approximate surface area is 173 Å². The number of hydrogen-bond donors (Lipinski definition) is 0. The summed E-state index contributed by atoms with van der Waals surface area (Å²) in [4.78, 5) is 19.2. The van der Waals surface area contributed by atoms with Crippen LogP contribution in [0.4, 0.5) is 4.39 Å². The van der Waals surface area contributed by atoms with E-state index in [1.165, 1.54) is 12.1 Å². The molecule has 3 heterocycles.